The van der Waals surface area contributed by atoms with Gasteiger partial charge in [-0.25, -0.2) is 0 Å². The van der Waals surface area contributed by atoms with E-state index in [1.54, 1.807) is 42.5 Å². The fourth-order valence-corrected chi connectivity index (χ4v) is 2.24. The number of ether oxygens (including phenoxy) is 1. The first-order valence-electron chi connectivity index (χ1n) is 7.97. The fraction of sp³-hybridized carbons (Fsp3) is 0.211. The first-order valence-corrected chi connectivity index (χ1v) is 8.38. The minimum Gasteiger partial charge on any atom is -0.494 e. The monoisotopic (exact) mass is 353 g/mol. The Bertz CT molecular complexity index is 782. The van der Waals surface area contributed by atoms with Crippen molar-refractivity contribution in [2.24, 2.45) is 0 Å². The maximum absolute atomic E-state index is 12.3. The van der Waals surface area contributed by atoms with Gasteiger partial charge in [0.15, 0.2) is 5.11 Å². The number of amides is 1. The summed E-state index contributed by atoms with van der Waals surface area (Å²) in [5.74, 6) is 0.346. The molecule has 0 aliphatic rings. The number of hydrogen-bond acceptors (Lipinski definition) is 4. The number of carbonyl (C=O) groups excluding carboxylic acids is 1. The molecule has 0 saturated heterocycles. The lowest BCUT2D eigenvalue weighted by Crippen LogP contribution is -2.34. The molecule has 2 aromatic carbocycles. The van der Waals surface area contributed by atoms with Crippen LogP contribution in [0.1, 0.15) is 35.7 Å². The van der Waals surface area contributed by atoms with Crippen molar-refractivity contribution >= 4 is 28.9 Å². The van der Waals surface area contributed by atoms with Gasteiger partial charge in [-0.1, -0.05) is 19.4 Å². The highest BCUT2D eigenvalue weighted by atomic mass is 32.1. The van der Waals surface area contributed by atoms with Crippen LogP contribution >= 0.6 is 12.2 Å². The molecule has 0 bridgehead atoms. The highest BCUT2D eigenvalue weighted by Gasteiger charge is 2.09. The molecule has 2 rings (SSSR count). The van der Waals surface area contributed by atoms with Gasteiger partial charge in [0.25, 0.3) is 5.91 Å². The van der Waals surface area contributed by atoms with Gasteiger partial charge in [0, 0.05) is 11.3 Å². The minimum absolute atomic E-state index is 0.187. The van der Waals surface area contributed by atoms with Gasteiger partial charge >= 0.3 is 0 Å². The molecule has 2 N–H and O–H groups in total. The minimum atomic E-state index is -0.313. The topological polar surface area (TPSA) is 74.2 Å². The highest BCUT2D eigenvalue weighted by Crippen LogP contribution is 2.14. The van der Waals surface area contributed by atoms with Crippen LogP contribution < -0.4 is 15.4 Å². The fourth-order valence-electron chi connectivity index (χ4n) is 2.03. The molecule has 0 aliphatic heterocycles. The standard InChI is InChI=1S/C19H19N3O2S/c1-2-3-11-24-17-6-4-5-15(12-17)18(23)22-19(25)21-16-9-7-14(13-20)8-10-16/h4-10,12H,2-3,11H2,1H3,(H2,21,22,23,25). The summed E-state index contributed by atoms with van der Waals surface area (Å²) in [6.07, 6.45) is 2.02. The molecule has 0 atom stereocenters. The van der Waals surface area contributed by atoms with Crippen molar-refractivity contribution in [3.05, 3.63) is 59.7 Å². The average Bonchev–Trinajstić information content (AvgIpc) is 2.63. The van der Waals surface area contributed by atoms with Crippen molar-refractivity contribution in [3.63, 3.8) is 0 Å². The quantitative estimate of drug-likeness (QED) is 0.609. The molecule has 2 aromatic rings. The molecule has 0 fully saturated rings. The van der Waals surface area contributed by atoms with E-state index in [0.29, 0.717) is 29.2 Å². The zero-order chi connectivity index (χ0) is 18.1. The van der Waals surface area contributed by atoms with E-state index in [1.165, 1.54) is 0 Å². The second-order valence-corrected chi connectivity index (χ2v) is 5.74. The van der Waals surface area contributed by atoms with Gasteiger partial charge in [0.2, 0.25) is 0 Å². The molecule has 128 valence electrons. The molecule has 0 radical (unpaired) electrons. The molecule has 25 heavy (non-hydrogen) atoms. The van der Waals surface area contributed by atoms with E-state index in [9.17, 15) is 4.79 Å². The Kier molecular flexibility index (Phi) is 6.93. The molecule has 0 heterocycles. The van der Waals surface area contributed by atoms with Crippen LogP contribution in [-0.4, -0.2) is 17.6 Å². The molecule has 0 aromatic heterocycles. The lowest BCUT2D eigenvalue weighted by atomic mass is 10.2. The summed E-state index contributed by atoms with van der Waals surface area (Å²) in [4.78, 5) is 12.3. The molecule has 6 heteroatoms. The second kappa shape index (κ2) is 9.40. The Morgan fingerprint density at radius 1 is 1.24 bits per heavy atom. The van der Waals surface area contributed by atoms with Crippen molar-refractivity contribution in [1.82, 2.24) is 5.32 Å². The summed E-state index contributed by atoms with van der Waals surface area (Å²) in [6.45, 7) is 2.72. The first-order chi connectivity index (χ1) is 12.1. The smallest absolute Gasteiger partial charge is 0.257 e. The summed E-state index contributed by atoms with van der Waals surface area (Å²) in [5, 5.41) is 14.5. The van der Waals surface area contributed by atoms with Crippen LogP contribution in [0.25, 0.3) is 0 Å². The number of thiocarbonyl (C=S) groups is 1. The number of rotatable bonds is 6. The maximum atomic E-state index is 12.3. The van der Waals surface area contributed by atoms with Crippen LogP contribution in [0.2, 0.25) is 0 Å². The van der Waals surface area contributed by atoms with E-state index < -0.39 is 0 Å². The molecular weight excluding hydrogens is 334 g/mol. The number of nitrogens with one attached hydrogen (secondary N) is 2. The van der Waals surface area contributed by atoms with Gasteiger partial charge < -0.3 is 10.1 Å². The van der Waals surface area contributed by atoms with Gasteiger partial charge in [0.05, 0.1) is 18.2 Å². The molecule has 0 saturated carbocycles. The second-order valence-electron chi connectivity index (χ2n) is 5.33. The number of unbranched alkanes of at least 4 members (excludes halogenated alkanes) is 1. The van der Waals surface area contributed by atoms with E-state index in [0.717, 1.165) is 12.8 Å². The van der Waals surface area contributed by atoms with Crippen LogP contribution in [-0.2, 0) is 0 Å². The van der Waals surface area contributed by atoms with Crippen LogP contribution in [0.3, 0.4) is 0 Å². The SMILES string of the molecule is CCCCOc1cccc(C(=O)NC(=S)Nc2ccc(C#N)cc2)c1. The van der Waals surface area contributed by atoms with Crippen molar-refractivity contribution in [1.29, 1.82) is 5.26 Å². The molecule has 0 unspecified atom stereocenters. The van der Waals surface area contributed by atoms with E-state index in [4.69, 9.17) is 22.2 Å². The van der Waals surface area contributed by atoms with Gasteiger partial charge in [0.1, 0.15) is 5.75 Å². The predicted molar refractivity (Wildman–Crippen MR) is 102 cm³/mol. The van der Waals surface area contributed by atoms with Crippen molar-refractivity contribution < 1.29 is 9.53 Å². The third-order valence-electron chi connectivity index (χ3n) is 3.36. The summed E-state index contributed by atoms with van der Waals surface area (Å²) in [6, 6.07) is 15.8. The highest BCUT2D eigenvalue weighted by molar-refractivity contribution is 7.80. The molecule has 1 amide bonds. The zero-order valence-electron chi connectivity index (χ0n) is 13.9. The third kappa shape index (κ3) is 5.90. The third-order valence-corrected chi connectivity index (χ3v) is 3.57. The maximum Gasteiger partial charge on any atom is 0.257 e. The lowest BCUT2D eigenvalue weighted by Gasteiger charge is -2.11. The number of hydrogen-bond donors (Lipinski definition) is 2. The largest absolute Gasteiger partial charge is 0.494 e. The number of anilines is 1. The summed E-state index contributed by atoms with van der Waals surface area (Å²) >= 11 is 5.15. The van der Waals surface area contributed by atoms with Crippen molar-refractivity contribution in [3.8, 4) is 11.8 Å². The van der Waals surface area contributed by atoms with E-state index in [-0.39, 0.29) is 11.0 Å². The molecule has 0 spiro atoms. The summed E-state index contributed by atoms with van der Waals surface area (Å²) < 4.78 is 5.60. The first kappa shape index (κ1) is 18.4. The van der Waals surface area contributed by atoms with Crippen LogP contribution in [0, 0.1) is 11.3 Å². The van der Waals surface area contributed by atoms with E-state index in [1.807, 2.05) is 12.1 Å². The summed E-state index contributed by atoms with van der Waals surface area (Å²) in [5.41, 5.74) is 1.72. The number of nitrogens with zero attached hydrogens (tertiary/aromatic N) is 1. The van der Waals surface area contributed by atoms with E-state index >= 15 is 0 Å². The number of carbonyl (C=O) groups is 1. The van der Waals surface area contributed by atoms with Crippen molar-refractivity contribution in [2.45, 2.75) is 19.8 Å². The van der Waals surface area contributed by atoms with Crippen LogP contribution in [0.4, 0.5) is 5.69 Å². The zero-order valence-corrected chi connectivity index (χ0v) is 14.7. The predicted octanol–water partition coefficient (Wildman–Crippen LogP) is 3.86. The number of nitriles is 1. The Morgan fingerprint density at radius 3 is 2.68 bits per heavy atom. The Labute approximate surface area is 152 Å². The lowest BCUT2D eigenvalue weighted by molar-refractivity contribution is 0.0977. The normalized spacial score (nSPS) is 9.76. The molecule has 0 aliphatic carbocycles. The van der Waals surface area contributed by atoms with Crippen LogP contribution in [0.5, 0.6) is 5.75 Å². The molecular formula is C19H19N3O2S. The Morgan fingerprint density at radius 2 is 2.00 bits per heavy atom. The summed E-state index contributed by atoms with van der Waals surface area (Å²) in [7, 11) is 0. The Hall–Kier alpha value is -2.91. The average molecular weight is 353 g/mol. The van der Waals surface area contributed by atoms with Crippen LogP contribution in [0.15, 0.2) is 48.5 Å². The van der Waals surface area contributed by atoms with E-state index in [2.05, 4.69) is 17.6 Å². The van der Waals surface area contributed by atoms with Gasteiger partial charge in [-0.05, 0) is 61.1 Å². The Balaban J connectivity index is 1.93. The number of benzene rings is 2. The van der Waals surface area contributed by atoms with Gasteiger partial charge in [-0.3, -0.25) is 10.1 Å². The van der Waals surface area contributed by atoms with Gasteiger partial charge in [-0.15, -0.1) is 0 Å². The molecule has 5 nitrogen and oxygen atoms in total. The van der Waals surface area contributed by atoms with Crippen molar-refractivity contribution in [2.75, 3.05) is 11.9 Å². The van der Waals surface area contributed by atoms with Gasteiger partial charge in [-0.2, -0.15) is 5.26 Å².